The second kappa shape index (κ2) is 5.30. The molecular weight excluding hydrogens is 274 g/mol. The van der Waals surface area contributed by atoms with E-state index >= 15 is 0 Å². The Hall–Kier alpha value is -2.40. The van der Waals surface area contributed by atoms with Crippen molar-refractivity contribution in [1.29, 1.82) is 0 Å². The van der Waals surface area contributed by atoms with Crippen LogP contribution in [0.3, 0.4) is 0 Å². The van der Waals surface area contributed by atoms with E-state index in [0.29, 0.717) is 6.61 Å². The third-order valence-electron chi connectivity index (χ3n) is 2.92. The predicted octanol–water partition coefficient (Wildman–Crippen LogP) is 3.57. The fraction of sp³-hybridized carbons (Fsp3) is 0.0667. The molecule has 0 aliphatic carbocycles. The minimum Gasteiger partial charge on any atom is -0.487 e. The maximum absolute atomic E-state index is 10.8. The number of aromatic carboxylic acids is 1. The molecule has 3 aromatic rings. The lowest BCUT2D eigenvalue weighted by molar-refractivity contribution is 0.0697. The van der Waals surface area contributed by atoms with Crippen LogP contribution in [0, 0.1) is 0 Å². The molecule has 3 rings (SSSR count). The zero-order valence-electron chi connectivity index (χ0n) is 10.4. The first-order valence-electron chi connectivity index (χ1n) is 6.01. The van der Waals surface area contributed by atoms with E-state index in [1.165, 1.54) is 0 Å². The van der Waals surface area contributed by atoms with Crippen LogP contribution in [0.5, 0.6) is 5.75 Å². The molecule has 4 nitrogen and oxygen atoms in total. The number of benzene rings is 2. The molecule has 0 saturated heterocycles. The van der Waals surface area contributed by atoms with Gasteiger partial charge in [-0.25, -0.2) is 9.78 Å². The molecule has 1 aromatic heterocycles. The van der Waals surface area contributed by atoms with Gasteiger partial charge in [-0.3, -0.25) is 0 Å². The summed E-state index contributed by atoms with van der Waals surface area (Å²) in [5, 5.41) is 8.84. The topological polar surface area (TPSA) is 59.4 Å². The molecule has 0 aliphatic rings. The summed E-state index contributed by atoms with van der Waals surface area (Å²) in [6.07, 6.45) is 0. The standard InChI is InChI=1S/C15H11NO3S/c17-15(18)11-6-4-10(5-7-11)8-19-12-2-1-3-13-14(12)16-9-20-13/h1-7,9H,8H2,(H,17,18). The van der Waals surface area contributed by atoms with Crippen LogP contribution in [0.15, 0.2) is 48.0 Å². The minimum atomic E-state index is -0.926. The SMILES string of the molecule is O=C(O)c1ccc(COc2cccc3scnc23)cc1. The Morgan fingerprint density at radius 3 is 2.75 bits per heavy atom. The van der Waals surface area contributed by atoms with Gasteiger partial charge in [-0.2, -0.15) is 0 Å². The van der Waals surface area contributed by atoms with Crippen molar-refractivity contribution in [2.75, 3.05) is 0 Å². The quantitative estimate of drug-likeness (QED) is 0.796. The number of hydrogen-bond acceptors (Lipinski definition) is 4. The maximum Gasteiger partial charge on any atom is 0.335 e. The van der Waals surface area contributed by atoms with Crippen LogP contribution < -0.4 is 4.74 Å². The van der Waals surface area contributed by atoms with Gasteiger partial charge in [-0.15, -0.1) is 11.3 Å². The monoisotopic (exact) mass is 285 g/mol. The second-order valence-electron chi connectivity index (χ2n) is 4.25. The molecule has 100 valence electrons. The Balaban J connectivity index is 1.76. The number of hydrogen-bond donors (Lipinski definition) is 1. The first-order chi connectivity index (χ1) is 9.74. The Labute approximate surface area is 119 Å². The number of aromatic nitrogens is 1. The maximum atomic E-state index is 10.8. The number of ether oxygens (including phenoxy) is 1. The van der Waals surface area contributed by atoms with E-state index in [9.17, 15) is 4.79 Å². The van der Waals surface area contributed by atoms with Crippen molar-refractivity contribution in [2.45, 2.75) is 6.61 Å². The van der Waals surface area contributed by atoms with Gasteiger partial charge < -0.3 is 9.84 Å². The van der Waals surface area contributed by atoms with Crippen LogP contribution in [-0.4, -0.2) is 16.1 Å². The summed E-state index contributed by atoms with van der Waals surface area (Å²) in [6, 6.07) is 12.5. The third kappa shape index (κ3) is 2.48. The van der Waals surface area contributed by atoms with Crippen molar-refractivity contribution in [3.05, 3.63) is 59.1 Å². The predicted molar refractivity (Wildman–Crippen MR) is 77.4 cm³/mol. The molecule has 2 aromatic carbocycles. The third-order valence-corrected chi connectivity index (χ3v) is 3.71. The number of carbonyl (C=O) groups is 1. The molecule has 1 heterocycles. The zero-order chi connectivity index (χ0) is 13.9. The second-order valence-corrected chi connectivity index (χ2v) is 5.13. The molecule has 5 heteroatoms. The molecule has 20 heavy (non-hydrogen) atoms. The van der Waals surface area contributed by atoms with Gasteiger partial charge >= 0.3 is 5.97 Å². The first-order valence-corrected chi connectivity index (χ1v) is 6.89. The number of para-hydroxylation sites is 1. The Morgan fingerprint density at radius 2 is 2.00 bits per heavy atom. The molecule has 0 atom stereocenters. The molecule has 0 aliphatic heterocycles. The van der Waals surface area contributed by atoms with Crippen molar-refractivity contribution in [2.24, 2.45) is 0 Å². The van der Waals surface area contributed by atoms with E-state index in [0.717, 1.165) is 21.5 Å². The fourth-order valence-corrected chi connectivity index (χ4v) is 2.58. The molecule has 0 unspecified atom stereocenters. The van der Waals surface area contributed by atoms with E-state index in [4.69, 9.17) is 9.84 Å². The van der Waals surface area contributed by atoms with Crippen LogP contribution >= 0.6 is 11.3 Å². The summed E-state index contributed by atoms with van der Waals surface area (Å²) in [5.74, 6) is -0.184. The van der Waals surface area contributed by atoms with E-state index in [-0.39, 0.29) is 5.56 Å². The number of carboxylic acids is 1. The molecule has 0 amide bonds. The Kier molecular flexibility index (Phi) is 3.35. The lowest BCUT2D eigenvalue weighted by atomic mass is 10.1. The Morgan fingerprint density at radius 1 is 1.20 bits per heavy atom. The van der Waals surface area contributed by atoms with Crippen LogP contribution in [-0.2, 0) is 6.61 Å². The highest BCUT2D eigenvalue weighted by atomic mass is 32.1. The minimum absolute atomic E-state index is 0.273. The normalized spacial score (nSPS) is 10.6. The van der Waals surface area contributed by atoms with Gasteiger partial charge in [0, 0.05) is 0 Å². The summed E-state index contributed by atoms with van der Waals surface area (Å²) >= 11 is 1.57. The lowest BCUT2D eigenvalue weighted by Gasteiger charge is -2.07. The van der Waals surface area contributed by atoms with Gasteiger partial charge in [0.05, 0.1) is 15.8 Å². The van der Waals surface area contributed by atoms with Gasteiger partial charge in [0.25, 0.3) is 0 Å². The summed E-state index contributed by atoms with van der Waals surface area (Å²) in [6.45, 7) is 0.385. The average Bonchev–Trinajstić information content (AvgIpc) is 2.94. The first kappa shape index (κ1) is 12.6. The largest absolute Gasteiger partial charge is 0.487 e. The zero-order valence-corrected chi connectivity index (χ0v) is 11.3. The molecule has 0 spiro atoms. The Bertz CT molecular complexity index is 749. The van der Waals surface area contributed by atoms with Gasteiger partial charge in [0.1, 0.15) is 17.9 Å². The molecular formula is C15H11NO3S. The number of nitrogens with zero attached hydrogens (tertiary/aromatic N) is 1. The van der Waals surface area contributed by atoms with Crippen molar-refractivity contribution in [3.63, 3.8) is 0 Å². The molecule has 1 N–H and O–H groups in total. The van der Waals surface area contributed by atoms with E-state index in [2.05, 4.69) is 4.98 Å². The van der Waals surface area contributed by atoms with E-state index in [1.54, 1.807) is 41.1 Å². The summed E-state index contributed by atoms with van der Waals surface area (Å²) < 4.78 is 6.85. The van der Waals surface area contributed by atoms with Crippen molar-refractivity contribution in [3.8, 4) is 5.75 Å². The van der Waals surface area contributed by atoms with Crippen LogP contribution in [0.25, 0.3) is 10.2 Å². The lowest BCUT2D eigenvalue weighted by Crippen LogP contribution is -1.99. The van der Waals surface area contributed by atoms with Gasteiger partial charge in [-0.1, -0.05) is 18.2 Å². The van der Waals surface area contributed by atoms with Crippen molar-refractivity contribution in [1.82, 2.24) is 4.98 Å². The van der Waals surface area contributed by atoms with Crippen molar-refractivity contribution < 1.29 is 14.6 Å². The highest BCUT2D eigenvalue weighted by Crippen LogP contribution is 2.27. The number of fused-ring (bicyclic) bond motifs is 1. The van der Waals surface area contributed by atoms with Crippen LogP contribution in [0.2, 0.25) is 0 Å². The number of carboxylic acid groups (broad SMARTS) is 1. The molecule has 0 saturated carbocycles. The van der Waals surface area contributed by atoms with Gasteiger partial charge in [0.2, 0.25) is 0 Å². The number of rotatable bonds is 4. The van der Waals surface area contributed by atoms with Crippen LogP contribution in [0.4, 0.5) is 0 Å². The highest BCUT2D eigenvalue weighted by Gasteiger charge is 2.06. The molecule has 0 bridgehead atoms. The van der Waals surface area contributed by atoms with Gasteiger partial charge in [-0.05, 0) is 29.8 Å². The van der Waals surface area contributed by atoms with Crippen molar-refractivity contribution >= 4 is 27.5 Å². The smallest absolute Gasteiger partial charge is 0.335 e. The number of thiazole rings is 1. The van der Waals surface area contributed by atoms with Gasteiger partial charge in [0.15, 0.2) is 0 Å². The van der Waals surface area contributed by atoms with E-state index < -0.39 is 5.97 Å². The molecule has 0 fully saturated rings. The summed E-state index contributed by atoms with van der Waals surface area (Å²) in [5.41, 5.74) is 3.84. The summed E-state index contributed by atoms with van der Waals surface area (Å²) in [4.78, 5) is 15.1. The average molecular weight is 285 g/mol. The van der Waals surface area contributed by atoms with E-state index in [1.807, 2.05) is 18.2 Å². The summed E-state index contributed by atoms with van der Waals surface area (Å²) in [7, 11) is 0. The fourth-order valence-electron chi connectivity index (χ4n) is 1.88. The molecule has 0 radical (unpaired) electrons. The van der Waals surface area contributed by atoms with Crippen LogP contribution in [0.1, 0.15) is 15.9 Å². The highest BCUT2D eigenvalue weighted by molar-refractivity contribution is 7.16.